The van der Waals surface area contributed by atoms with Crippen LogP contribution < -0.4 is 51.4 Å². The SMILES string of the molecule is C/C=C/C=C/C(=O)OOCC(O)CO.[H-].[K+]. The van der Waals surface area contributed by atoms with Gasteiger partial charge in [0, 0.05) is 6.08 Å². The quantitative estimate of drug-likeness (QED) is 0.171. The molecule has 0 heterocycles. The number of carbonyl (C=O) groups excluding carboxylic acids is 1. The van der Waals surface area contributed by atoms with Crippen molar-refractivity contribution < 1.29 is 77.6 Å². The van der Waals surface area contributed by atoms with Crippen molar-refractivity contribution in [2.75, 3.05) is 13.2 Å². The molecule has 0 bridgehead atoms. The fourth-order valence-corrected chi connectivity index (χ4v) is 0.496. The van der Waals surface area contributed by atoms with E-state index in [9.17, 15) is 4.79 Å². The van der Waals surface area contributed by atoms with Crippen molar-refractivity contribution in [2.45, 2.75) is 13.0 Å². The van der Waals surface area contributed by atoms with Gasteiger partial charge in [-0.15, -0.1) is 0 Å². The van der Waals surface area contributed by atoms with E-state index in [0.29, 0.717) is 0 Å². The first kappa shape index (κ1) is 17.8. The number of carbonyl (C=O) groups is 1. The first-order chi connectivity index (χ1) is 6.70. The fourth-order valence-electron chi connectivity index (χ4n) is 0.496. The summed E-state index contributed by atoms with van der Waals surface area (Å²) < 4.78 is 0. The third-order valence-corrected chi connectivity index (χ3v) is 1.15. The summed E-state index contributed by atoms with van der Waals surface area (Å²) in [4.78, 5) is 19.3. The van der Waals surface area contributed by atoms with Crippen LogP contribution in [-0.2, 0) is 14.6 Å². The van der Waals surface area contributed by atoms with Gasteiger partial charge in [0.1, 0.15) is 12.7 Å². The number of allylic oxidation sites excluding steroid dienone is 3. The average Bonchev–Trinajstić information content (AvgIpc) is 2.18. The molecule has 0 aromatic rings. The van der Waals surface area contributed by atoms with Gasteiger partial charge in [-0.25, -0.2) is 4.79 Å². The molecule has 0 rings (SSSR count). The largest absolute Gasteiger partial charge is 1.00 e. The smallest absolute Gasteiger partial charge is 1.00 e. The molecule has 0 aliphatic carbocycles. The van der Waals surface area contributed by atoms with Crippen molar-refractivity contribution in [2.24, 2.45) is 0 Å². The number of rotatable bonds is 6. The van der Waals surface area contributed by atoms with Crippen LogP contribution in [0.3, 0.4) is 0 Å². The van der Waals surface area contributed by atoms with E-state index in [2.05, 4.69) is 9.78 Å². The molecule has 15 heavy (non-hydrogen) atoms. The predicted octanol–water partition coefficient (Wildman–Crippen LogP) is -2.94. The number of hydrogen-bond donors (Lipinski definition) is 2. The third kappa shape index (κ3) is 12.4. The Morgan fingerprint density at radius 2 is 2.20 bits per heavy atom. The second kappa shape index (κ2) is 12.5. The van der Waals surface area contributed by atoms with Crippen LogP contribution in [0.5, 0.6) is 0 Å². The van der Waals surface area contributed by atoms with Gasteiger partial charge in [-0.2, -0.15) is 4.89 Å². The Hall–Kier alpha value is 0.466. The molecule has 0 spiro atoms. The Bertz CT molecular complexity index is 220. The molecule has 0 radical (unpaired) electrons. The maximum atomic E-state index is 10.8. The van der Waals surface area contributed by atoms with Crippen LogP contribution in [-0.4, -0.2) is 35.5 Å². The van der Waals surface area contributed by atoms with Crippen LogP contribution in [0.2, 0.25) is 0 Å². The standard InChI is InChI=1S/C9H14O5.K.H/c1-2-3-4-5-9(12)14-13-7-8(11)6-10;;/h2-5,8,10-11H,6-7H2,1H3;;/q;+1;-1/b3-2+,5-4+;;. The Labute approximate surface area is 133 Å². The summed E-state index contributed by atoms with van der Waals surface area (Å²) in [6.45, 7) is 1.12. The Morgan fingerprint density at radius 1 is 1.53 bits per heavy atom. The van der Waals surface area contributed by atoms with Crippen molar-refractivity contribution in [3.63, 3.8) is 0 Å². The summed E-state index contributed by atoms with van der Waals surface area (Å²) in [5, 5.41) is 17.2. The molecular formula is C9H15KO5. The molecule has 0 aliphatic heterocycles. The minimum Gasteiger partial charge on any atom is -1.00 e. The molecule has 0 fully saturated rings. The van der Waals surface area contributed by atoms with Crippen LogP contribution >= 0.6 is 0 Å². The molecule has 82 valence electrons. The second-order valence-electron chi connectivity index (χ2n) is 2.41. The first-order valence-corrected chi connectivity index (χ1v) is 4.12. The van der Waals surface area contributed by atoms with Crippen molar-refractivity contribution >= 4 is 5.97 Å². The van der Waals surface area contributed by atoms with Crippen LogP contribution in [0.4, 0.5) is 0 Å². The van der Waals surface area contributed by atoms with E-state index in [1.165, 1.54) is 12.2 Å². The predicted molar refractivity (Wildman–Crippen MR) is 50.2 cm³/mol. The van der Waals surface area contributed by atoms with E-state index in [0.717, 1.165) is 0 Å². The van der Waals surface area contributed by atoms with Crippen LogP contribution in [0, 0.1) is 0 Å². The summed E-state index contributed by atoms with van der Waals surface area (Å²) in [6, 6.07) is 0. The summed E-state index contributed by atoms with van der Waals surface area (Å²) in [7, 11) is 0. The molecule has 0 saturated heterocycles. The number of aliphatic hydroxyl groups is 2. The summed E-state index contributed by atoms with van der Waals surface area (Å²) >= 11 is 0. The van der Waals surface area contributed by atoms with Gasteiger partial charge in [0.25, 0.3) is 0 Å². The number of aliphatic hydroxyl groups excluding tert-OH is 2. The first-order valence-electron chi connectivity index (χ1n) is 4.12. The van der Waals surface area contributed by atoms with Gasteiger partial charge in [-0.1, -0.05) is 18.2 Å². The van der Waals surface area contributed by atoms with Crippen molar-refractivity contribution in [1.82, 2.24) is 0 Å². The van der Waals surface area contributed by atoms with Gasteiger partial charge < -0.3 is 11.6 Å². The molecule has 0 amide bonds. The zero-order valence-electron chi connectivity index (χ0n) is 9.92. The summed E-state index contributed by atoms with van der Waals surface area (Å²) in [5.41, 5.74) is 0. The maximum Gasteiger partial charge on any atom is 1.00 e. The Morgan fingerprint density at radius 3 is 2.73 bits per heavy atom. The van der Waals surface area contributed by atoms with E-state index in [1.54, 1.807) is 12.2 Å². The third-order valence-electron chi connectivity index (χ3n) is 1.15. The second-order valence-corrected chi connectivity index (χ2v) is 2.41. The van der Waals surface area contributed by atoms with Gasteiger partial charge in [0.05, 0.1) is 6.61 Å². The normalized spacial score (nSPS) is 12.7. The topological polar surface area (TPSA) is 76.0 Å². The van der Waals surface area contributed by atoms with Gasteiger partial charge >= 0.3 is 57.4 Å². The van der Waals surface area contributed by atoms with Crippen LogP contribution in [0.1, 0.15) is 8.35 Å². The molecule has 2 N–H and O–H groups in total. The molecule has 0 aliphatic rings. The minimum absolute atomic E-state index is 0. The van der Waals surface area contributed by atoms with Crippen LogP contribution in [0.15, 0.2) is 24.3 Å². The summed E-state index contributed by atoms with van der Waals surface area (Å²) in [5.74, 6) is -0.673. The molecule has 0 aromatic carbocycles. The molecular weight excluding hydrogens is 227 g/mol. The molecule has 1 atom stereocenters. The van der Waals surface area contributed by atoms with Crippen LogP contribution in [0.25, 0.3) is 0 Å². The zero-order chi connectivity index (χ0) is 10.8. The Balaban J connectivity index is -0.000000845. The van der Waals surface area contributed by atoms with Gasteiger partial charge in [-0.3, -0.25) is 4.89 Å². The van der Waals surface area contributed by atoms with Crippen molar-refractivity contribution in [1.29, 1.82) is 0 Å². The maximum absolute atomic E-state index is 10.8. The molecule has 0 aromatic heterocycles. The van der Waals surface area contributed by atoms with Gasteiger partial charge in [-0.05, 0) is 6.92 Å². The van der Waals surface area contributed by atoms with E-state index in [1.807, 2.05) is 6.92 Å². The van der Waals surface area contributed by atoms with E-state index >= 15 is 0 Å². The summed E-state index contributed by atoms with van der Waals surface area (Å²) in [6.07, 6.45) is 5.03. The van der Waals surface area contributed by atoms with E-state index < -0.39 is 18.7 Å². The van der Waals surface area contributed by atoms with Gasteiger partial charge in [0.15, 0.2) is 0 Å². The molecule has 5 nitrogen and oxygen atoms in total. The molecule has 0 saturated carbocycles. The minimum atomic E-state index is -1.04. The van der Waals surface area contributed by atoms with Crippen molar-refractivity contribution in [3.05, 3.63) is 24.3 Å². The molecule has 6 heteroatoms. The van der Waals surface area contributed by atoms with E-state index in [4.69, 9.17) is 10.2 Å². The fraction of sp³-hybridized carbons (Fsp3) is 0.444. The number of hydrogen-bond acceptors (Lipinski definition) is 5. The Kier molecular flexibility index (Phi) is 14.9. The average molecular weight is 242 g/mol. The molecule has 1 unspecified atom stereocenters. The zero-order valence-corrected chi connectivity index (χ0v) is 12.0. The van der Waals surface area contributed by atoms with E-state index in [-0.39, 0.29) is 59.4 Å². The monoisotopic (exact) mass is 242 g/mol. The van der Waals surface area contributed by atoms with Crippen molar-refractivity contribution in [3.8, 4) is 0 Å². The van der Waals surface area contributed by atoms with Gasteiger partial charge in [0.2, 0.25) is 0 Å².